The minimum absolute atomic E-state index is 0.243. The van der Waals surface area contributed by atoms with Crippen molar-refractivity contribution in [2.75, 3.05) is 18.5 Å². The Balaban J connectivity index is 1.49. The van der Waals surface area contributed by atoms with Crippen LogP contribution in [0.2, 0.25) is 5.02 Å². The second-order valence-corrected chi connectivity index (χ2v) is 11.4. The van der Waals surface area contributed by atoms with Gasteiger partial charge in [0.2, 0.25) is 11.8 Å². The number of aromatic nitrogens is 1. The molecule has 5 rings (SSSR count). The monoisotopic (exact) mass is 573 g/mol. The Labute approximate surface area is 228 Å². The quantitative estimate of drug-likeness (QED) is 0.366. The van der Waals surface area contributed by atoms with Crippen LogP contribution in [0.3, 0.4) is 0 Å². The fourth-order valence-electron chi connectivity index (χ4n) is 4.57. The molecule has 3 N–H and O–H groups in total. The van der Waals surface area contributed by atoms with E-state index in [0.29, 0.717) is 26.2 Å². The van der Waals surface area contributed by atoms with E-state index in [0.717, 1.165) is 33.6 Å². The van der Waals surface area contributed by atoms with E-state index in [9.17, 15) is 29.1 Å². The van der Waals surface area contributed by atoms with Crippen LogP contribution < -0.4 is 14.9 Å². The maximum Gasteiger partial charge on any atom is 0.323 e. The first kappa shape index (κ1) is 26.0. The maximum absolute atomic E-state index is 13.4. The fourth-order valence-corrected chi connectivity index (χ4v) is 7.28. The summed E-state index contributed by atoms with van der Waals surface area (Å²) < 4.78 is 5.86. The van der Waals surface area contributed by atoms with E-state index < -0.39 is 47.3 Å². The number of carbonyl (C=O) groups excluding carboxylic acids is 3. The molecule has 3 amide bonds. The lowest BCUT2D eigenvalue weighted by Gasteiger charge is -2.31. The number of thioether (sulfide) groups is 1. The van der Waals surface area contributed by atoms with E-state index in [2.05, 4.69) is 10.3 Å². The second-order valence-electron chi connectivity index (χ2n) is 8.79. The van der Waals surface area contributed by atoms with Crippen LogP contribution in [0.5, 0.6) is 5.75 Å². The average molecular weight is 574 g/mol. The smallest absolute Gasteiger partial charge is 0.323 e. The molecule has 13 heteroatoms. The van der Waals surface area contributed by atoms with Gasteiger partial charge in [0.05, 0.1) is 10.9 Å². The first-order valence-electron chi connectivity index (χ1n) is 11.4. The zero-order valence-electron chi connectivity index (χ0n) is 19.7. The van der Waals surface area contributed by atoms with E-state index in [1.54, 1.807) is 30.3 Å². The molecule has 3 heterocycles. The van der Waals surface area contributed by atoms with Crippen LogP contribution >= 0.6 is 34.7 Å². The highest BCUT2D eigenvalue weighted by Gasteiger charge is 2.56. The SMILES string of the molecule is Cc1ccc(NC(=O)COc2ccc(Cl)cc2[C@@H]2c3sc(=O)[nH]c3SC3C(=O)N(CC(=O)O)C(=O)C32)cc1. The van der Waals surface area contributed by atoms with E-state index in [-0.39, 0.29) is 17.2 Å². The molecule has 2 aromatic carbocycles. The number of aromatic amines is 1. The van der Waals surface area contributed by atoms with Crippen molar-refractivity contribution in [3.63, 3.8) is 0 Å². The molecular weight excluding hydrogens is 554 g/mol. The fraction of sp³-hybridized carbons (Fsp3) is 0.240. The number of carboxylic acids is 1. The standard InChI is InChI=1S/C25H20ClN3O7S2/c1-11-2-5-13(6-3-11)27-16(30)10-36-15-7-4-12(26)8-14(15)18-19-21(37-22-20(18)38-25(35)28-22)24(34)29(23(19)33)9-17(31)32/h2-8,18-19,21H,9-10H2,1H3,(H,27,30)(H,28,35)(H,31,32)/t18-,19?,21?/m0/s1. The highest BCUT2D eigenvalue weighted by atomic mass is 35.5. The molecule has 0 spiro atoms. The van der Waals surface area contributed by atoms with Gasteiger partial charge < -0.3 is 20.1 Å². The van der Waals surface area contributed by atoms with Gasteiger partial charge in [-0.1, -0.05) is 52.4 Å². The normalized spacial score (nSPS) is 20.2. The van der Waals surface area contributed by atoms with Crippen molar-refractivity contribution < 1.29 is 29.0 Å². The lowest BCUT2D eigenvalue weighted by Crippen LogP contribution is -2.36. The lowest BCUT2D eigenvalue weighted by atomic mass is 9.82. The number of anilines is 1. The van der Waals surface area contributed by atoms with Gasteiger partial charge in [0, 0.05) is 27.1 Å². The van der Waals surface area contributed by atoms with Crippen LogP contribution in [-0.4, -0.2) is 57.1 Å². The zero-order chi connectivity index (χ0) is 27.1. The third-order valence-electron chi connectivity index (χ3n) is 6.21. The van der Waals surface area contributed by atoms with Crippen LogP contribution in [0.25, 0.3) is 0 Å². The van der Waals surface area contributed by atoms with Crippen LogP contribution in [0.1, 0.15) is 21.9 Å². The maximum atomic E-state index is 13.4. The number of fused-ring (bicyclic) bond motifs is 2. The van der Waals surface area contributed by atoms with Crippen LogP contribution in [0, 0.1) is 12.8 Å². The molecule has 196 valence electrons. The van der Waals surface area contributed by atoms with Gasteiger partial charge in [-0.3, -0.25) is 28.9 Å². The van der Waals surface area contributed by atoms with Gasteiger partial charge in [0.25, 0.3) is 5.91 Å². The van der Waals surface area contributed by atoms with Crippen molar-refractivity contribution in [2.24, 2.45) is 5.92 Å². The Kier molecular flexibility index (Phi) is 7.03. The molecule has 1 saturated heterocycles. The van der Waals surface area contributed by atoms with Crippen molar-refractivity contribution in [1.82, 2.24) is 9.88 Å². The number of hydrogen-bond acceptors (Lipinski definition) is 8. The number of nitrogens with zero attached hydrogens (tertiary/aromatic N) is 1. The van der Waals surface area contributed by atoms with E-state index >= 15 is 0 Å². The molecule has 2 unspecified atom stereocenters. The van der Waals surface area contributed by atoms with E-state index in [1.807, 2.05) is 19.1 Å². The number of hydrogen-bond donors (Lipinski definition) is 3. The predicted molar refractivity (Wildman–Crippen MR) is 141 cm³/mol. The minimum Gasteiger partial charge on any atom is -0.483 e. The van der Waals surface area contributed by atoms with Crippen molar-refractivity contribution in [1.29, 1.82) is 0 Å². The van der Waals surface area contributed by atoms with E-state index in [1.165, 1.54) is 0 Å². The zero-order valence-corrected chi connectivity index (χ0v) is 22.1. The number of thiazole rings is 1. The van der Waals surface area contributed by atoms with Gasteiger partial charge in [-0.2, -0.15) is 0 Å². The Bertz CT molecular complexity index is 1520. The van der Waals surface area contributed by atoms with Crippen LogP contribution in [0.4, 0.5) is 5.69 Å². The second kappa shape index (κ2) is 10.3. The number of H-pyrrole nitrogens is 1. The third kappa shape index (κ3) is 4.94. The molecule has 0 radical (unpaired) electrons. The van der Waals surface area contributed by atoms with E-state index in [4.69, 9.17) is 16.3 Å². The number of carbonyl (C=O) groups is 4. The topological polar surface area (TPSA) is 146 Å². The molecular formula is C25H20ClN3O7S2. The van der Waals surface area contributed by atoms with Gasteiger partial charge in [-0.05, 0) is 37.3 Å². The largest absolute Gasteiger partial charge is 0.483 e. The molecule has 2 aliphatic rings. The number of ether oxygens (including phenoxy) is 1. The molecule has 38 heavy (non-hydrogen) atoms. The number of rotatable bonds is 7. The van der Waals surface area contributed by atoms with Gasteiger partial charge >= 0.3 is 10.8 Å². The number of benzene rings is 2. The minimum atomic E-state index is -1.32. The van der Waals surface area contributed by atoms with Crippen molar-refractivity contribution >= 4 is 64.1 Å². The first-order valence-corrected chi connectivity index (χ1v) is 13.4. The lowest BCUT2D eigenvalue weighted by molar-refractivity contribution is -0.149. The van der Waals surface area contributed by atoms with Crippen molar-refractivity contribution in [2.45, 2.75) is 23.1 Å². The summed E-state index contributed by atoms with van der Waals surface area (Å²) in [7, 11) is 0. The number of carboxylic acid groups (broad SMARTS) is 1. The summed E-state index contributed by atoms with van der Waals surface area (Å²) in [4.78, 5) is 66.2. The predicted octanol–water partition coefficient (Wildman–Crippen LogP) is 3.09. The highest BCUT2D eigenvalue weighted by molar-refractivity contribution is 8.00. The van der Waals surface area contributed by atoms with Crippen molar-refractivity contribution in [3.8, 4) is 5.75 Å². The first-order chi connectivity index (χ1) is 18.1. The molecule has 3 aromatic rings. The average Bonchev–Trinajstić information content (AvgIpc) is 3.35. The molecule has 0 saturated carbocycles. The Hall–Kier alpha value is -3.61. The van der Waals surface area contributed by atoms with Gasteiger partial charge in [0.15, 0.2) is 6.61 Å². The summed E-state index contributed by atoms with van der Waals surface area (Å²) in [6, 6.07) is 11.9. The Morgan fingerprint density at radius 2 is 1.87 bits per heavy atom. The van der Waals surface area contributed by atoms with Gasteiger partial charge in [-0.25, -0.2) is 0 Å². The number of nitrogens with one attached hydrogen (secondary N) is 2. The van der Waals surface area contributed by atoms with Gasteiger partial charge in [-0.15, -0.1) is 0 Å². The third-order valence-corrected chi connectivity index (χ3v) is 8.85. The summed E-state index contributed by atoms with van der Waals surface area (Å²) in [6.07, 6.45) is 0. The van der Waals surface area contributed by atoms with Crippen molar-refractivity contribution in [3.05, 3.63) is 73.2 Å². The molecule has 1 fully saturated rings. The number of halogens is 1. The Morgan fingerprint density at radius 3 is 2.58 bits per heavy atom. The van der Waals surface area contributed by atoms with Crippen LogP contribution in [0.15, 0.2) is 52.3 Å². The summed E-state index contributed by atoms with van der Waals surface area (Å²) in [6.45, 7) is 0.813. The molecule has 3 atom stereocenters. The molecule has 0 aliphatic carbocycles. The Morgan fingerprint density at radius 1 is 1.13 bits per heavy atom. The number of imide groups is 1. The summed E-state index contributed by atoms with van der Waals surface area (Å²) in [5, 5.41) is 11.8. The summed E-state index contributed by atoms with van der Waals surface area (Å²) >= 11 is 8.24. The highest BCUT2D eigenvalue weighted by Crippen LogP contribution is 2.54. The molecule has 10 nitrogen and oxygen atoms in total. The molecule has 2 aliphatic heterocycles. The summed E-state index contributed by atoms with van der Waals surface area (Å²) in [5.41, 5.74) is 2.05. The molecule has 0 bridgehead atoms. The number of amides is 3. The van der Waals surface area contributed by atoms with Crippen LogP contribution in [-0.2, 0) is 19.2 Å². The number of aryl methyl sites for hydroxylation is 1. The molecule has 1 aromatic heterocycles. The summed E-state index contributed by atoms with van der Waals surface area (Å²) in [5.74, 6) is -4.61. The van der Waals surface area contributed by atoms with Gasteiger partial charge in [0.1, 0.15) is 17.5 Å². The number of aliphatic carboxylic acids is 1. The number of likely N-dealkylation sites (tertiary alicyclic amines) is 1.